The van der Waals surface area contributed by atoms with Crippen LogP contribution in [0.5, 0.6) is 0 Å². The van der Waals surface area contributed by atoms with Crippen molar-refractivity contribution in [3.63, 3.8) is 0 Å². The predicted molar refractivity (Wildman–Crippen MR) is 76.2 cm³/mol. The highest BCUT2D eigenvalue weighted by Gasteiger charge is 2.05. The van der Waals surface area contributed by atoms with Gasteiger partial charge in [0, 0.05) is 23.5 Å². The van der Waals surface area contributed by atoms with E-state index in [2.05, 4.69) is 20.2 Å². The quantitative estimate of drug-likeness (QED) is 0.685. The van der Waals surface area contributed by atoms with E-state index in [1.54, 1.807) is 18.6 Å². The molecule has 5 heteroatoms. The van der Waals surface area contributed by atoms with Crippen molar-refractivity contribution in [2.45, 2.75) is 6.92 Å². The summed E-state index contributed by atoms with van der Waals surface area (Å²) < 4.78 is 0. The molecule has 0 atom stereocenters. The molecule has 0 saturated heterocycles. The van der Waals surface area contributed by atoms with E-state index in [0.717, 1.165) is 33.5 Å². The molecular weight excluding hydrogens is 238 g/mol. The number of aromatic amines is 1. The van der Waals surface area contributed by atoms with Crippen LogP contribution in [0.1, 0.15) is 17.0 Å². The topological polar surface area (TPSA) is 80.5 Å². The third-order valence-corrected chi connectivity index (χ3v) is 2.97. The zero-order valence-electron chi connectivity index (χ0n) is 10.5. The Hall–Kier alpha value is -2.69. The van der Waals surface area contributed by atoms with Crippen LogP contribution in [0.25, 0.3) is 23.1 Å². The van der Waals surface area contributed by atoms with Crippen LogP contribution in [0.3, 0.4) is 0 Å². The van der Waals surface area contributed by atoms with Crippen LogP contribution in [0.4, 0.5) is 5.69 Å². The number of hydrogen-bond donors (Lipinski definition) is 2. The molecule has 2 heterocycles. The van der Waals surface area contributed by atoms with Gasteiger partial charge in [-0.1, -0.05) is 0 Å². The third-order valence-electron chi connectivity index (χ3n) is 2.97. The van der Waals surface area contributed by atoms with Crippen LogP contribution in [-0.4, -0.2) is 20.2 Å². The van der Waals surface area contributed by atoms with Crippen molar-refractivity contribution in [1.29, 1.82) is 0 Å². The molecule has 3 aromatic rings. The highest BCUT2D eigenvalue weighted by atomic mass is 15.1. The van der Waals surface area contributed by atoms with Gasteiger partial charge in [-0.2, -0.15) is 5.10 Å². The maximum Gasteiger partial charge on any atom is 0.0928 e. The Kier molecular flexibility index (Phi) is 2.72. The Labute approximate surface area is 110 Å². The third kappa shape index (κ3) is 2.18. The second-order valence-electron chi connectivity index (χ2n) is 4.33. The molecule has 5 nitrogen and oxygen atoms in total. The van der Waals surface area contributed by atoms with Gasteiger partial charge in [0.2, 0.25) is 0 Å². The number of nitrogens with one attached hydrogen (secondary N) is 1. The van der Waals surface area contributed by atoms with E-state index in [9.17, 15) is 0 Å². The molecule has 2 aromatic heterocycles. The van der Waals surface area contributed by atoms with Crippen LogP contribution in [-0.2, 0) is 0 Å². The van der Waals surface area contributed by atoms with Crippen molar-refractivity contribution in [3.05, 3.63) is 47.7 Å². The monoisotopic (exact) mass is 251 g/mol. The molecule has 0 spiro atoms. The van der Waals surface area contributed by atoms with Crippen LogP contribution in [0, 0.1) is 6.92 Å². The predicted octanol–water partition coefficient (Wildman–Crippen LogP) is 2.41. The molecular formula is C14H13N5. The lowest BCUT2D eigenvalue weighted by atomic mass is 10.1. The van der Waals surface area contributed by atoms with Crippen LogP contribution in [0.15, 0.2) is 30.7 Å². The van der Waals surface area contributed by atoms with Crippen LogP contribution < -0.4 is 5.73 Å². The van der Waals surface area contributed by atoms with Crippen LogP contribution in [0.2, 0.25) is 0 Å². The Morgan fingerprint density at radius 2 is 2.11 bits per heavy atom. The summed E-state index contributed by atoms with van der Waals surface area (Å²) >= 11 is 0. The molecule has 3 rings (SSSR count). The summed E-state index contributed by atoms with van der Waals surface area (Å²) in [6, 6.07) is 3.93. The van der Waals surface area contributed by atoms with Gasteiger partial charge in [0.1, 0.15) is 0 Å². The number of rotatable bonds is 2. The van der Waals surface area contributed by atoms with Gasteiger partial charge in [0.25, 0.3) is 0 Å². The molecule has 3 N–H and O–H groups in total. The number of H-pyrrole nitrogens is 1. The van der Waals surface area contributed by atoms with Gasteiger partial charge in [-0.25, -0.2) is 0 Å². The molecule has 0 unspecified atom stereocenters. The van der Waals surface area contributed by atoms with Gasteiger partial charge in [-0.05, 0) is 36.8 Å². The van der Waals surface area contributed by atoms with Crippen molar-refractivity contribution in [3.8, 4) is 0 Å². The Balaban J connectivity index is 2.02. The molecule has 0 fully saturated rings. The van der Waals surface area contributed by atoms with E-state index in [1.165, 1.54) is 0 Å². The molecule has 94 valence electrons. The van der Waals surface area contributed by atoms with Gasteiger partial charge in [0.05, 0.1) is 23.1 Å². The summed E-state index contributed by atoms with van der Waals surface area (Å²) in [6.07, 6.45) is 8.77. The zero-order chi connectivity index (χ0) is 13.2. The van der Waals surface area contributed by atoms with Crippen molar-refractivity contribution in [2.75, 3.05) is 5.73 Å². The average Bonchev–Trinajstić information content (AvgIpc) is 2.80. The molecule has 19 heavy (non-hydrogen) atoms. The first-order chi connectivity index (χ1) is 9.24. The number of anilines is 1. The molecule has 1 aromatic carbocycles. The maximum absolute atomic E-state index is 5.93. The highest BCUT2D eigenvalue weighted by Crippen LogP contribution is 2.23. The average molecular weight is 251 g/mol. The fourth-order valence-corrected chi connectivity index (χ4v) is 1.90. The van der Waals surface area contributed by atoms with Crippen molar-refractivity contribution < 1.29 is 0 Å². The summed E-state index contributed by atoms with van der Waals surface area (Å²) in [5, 5.41) is 8.28. The van der Waals surface area contributed by atoms with Gasteiger partial charge < -0.3 is 5.73 Å². The number of aryl methyl sites for hydroxylation is 1. The van der Waals surface area contributed by atoms with Gasteiger partial charge in [0.15, 0.2) is 0 Å². The minimum Gasteiger partial charge on any atom is -0.398 e. The fourth-order valence-electron chi connectivity index (χ4n) is 1.90. The van der Waals surface area contributed by atoms with E-state index in [0.29, 0.717) is 0 Å². The molecule has 0 aliphatic rings. The molecule has 0 bridgehead atoms. The first-order valence-corrected chi connectivity index (χ1v) is 5.92. The second kappa shape index (κ2) is 4.53. The van der Waals surface area contributed by atoms with Gasteiger partial charge >= 0.3 is 0 Å². The number of benzene rings is 1. The molecule has 0 aliphatic heterocycles. The summed E-state index contributed by atoms with van der Waals surface area (Å²) in [5.74, 6) is 0. The number of nitrogens with two attached hydrogens (primary N) is 1. The first kappa shape index (κ1) is 11.4. The van der Waals surface area contributed by atoms with Gasteiger partial charge in [-0.3, -0.25) is 15.1 Å². The number of nitrogen functional groups attached to an aromatic ring is 1. The lowest BCUT2D eigenvalue weighted by Crippen LogP contribution is -1.88. The van der Waals surface area contributed by atoms with E-state index >= 15 is 0 Å². The van der Waals surface area contributed by atoms with E-state index in [4.69, 9.17) is 5.73 Å². The smallest absolute Gasteiger partial charge is 0.0928 e. The maximum atomic E-state index is 5.93. The number of fused-ring (bicyclic) bond motifs is 1. The Bertz CT molecular complexity index is 743. The summed E-state index contributed by atoms with van der Waals surface area (Å²) in [5.41, 5.74) is 10.4. The van der Waals surface area contributed by atoms with E-state index in [1.807, 2.05) is 31.2 Å². The SMILES string of the molecule is Cc1cc2[nH]nc(/C=C/c3cnccn3)c2cc1N. The normalized spacial score (nSPS) is 11.4. The highest BCUT2D eigenvalue weighted by molar-refractivity contribution is 5.91. The van der Waals surface area contributed by atoms with E-state index < -0.39 is 0 Å². The molecule has 0 aliphatic carbocycles. The zero-order valence-corrected chi connectivity index (χ0v) is 10.5. The second-order valence-corrected chi connectivity index (χ2v) is 4.33. The molecule has 0 radical (unpaired) electrons. The Morgan fingerprint density at radius 1 is 1.21 bits per heavy atom. The molecule has 0 saturated carbocycles. The number of aromatic nitrogens is 4. The minimum atomic E-state index is 0.767. The van der Waals surface area contributed by atoms with Crippen LogP contribution >= 0.6 is 0 Å². The largest absolute Gasteiger partial charge is 0.398 e. The van der Waals surface area contributed by atoms with Crippen molar-refractivity contribution in [2.24, 2.45) is 0 Å². The lowest BCUT2D eigenvalue weighted by molar-refractivity contribution is 1.10. The summed E-state index contributed by atoms with van der Waals surface area (Å²) in [4.78, 5) is 8.19. The Morgan fingerprint density at radius 3 is 2.89 bits per heavy atom. The van der Waals surface area contributed by atoms with Crippen molar-refractivity contribution >= 4 is 28.7 Å². The fraction of sp³-hybridized carbons (Fsp3) is 0.0714. The number of hydrogen-bond acceptors (Lipinski definition) is 4. The van der Waals surface area contributed by atoms with E-state index in [-0.39, 0.29) is 0 Å². The van der Waals surface area contributed by atoms with Crippen molar-refractivity contribution in [1.82, 2.24) is 20.2 Å². The number of nitrogens with zero attached hydrogens (tertiary/aromatic N) is 3. The minimum absolute atomic E-state index is 0.767. The van der Waals surface area contributed by atoms with Gasteiger partial charge in [-0.15, -0.1) is 0 Å². The molecule has 0 amide bonds. The standard InChI is InChI=1S/C14H13N5/c1-9-6-14-11(7-12(9)15)13(18-19-14)3-2-10-8-16-4-5-17-10/h2-8H,15H2,1H3,(H,18,19)/b3-2+. The first-order valence-electron chi connectivity index (χ1n) is 5.92. The summed E-state index contributed by atoms with van der Waals surface area (Å²) in [7, 11) is 0. The summed E-state index contributed by atoms with van der Waals surface area (Å²) in [6.45, 7) is 1.98. The lowest BCUT2D eigenvalue weighted by Gasteiger charge is -1.99.